The molecule has 4 rings (SSSR count). The Morgan fingerprint density at radius 2 is 1.77 bits per heavy atom. The summed E-state index contributed by atoms with van der Waals surface area (Å²) in [6, 6.07) is 6.63. The van der Waals surface area contributed by atoms with Gasteiger partial charge < -0.3 is 10.0 Å². The minimum Gasteiger partial charge on any atom is -0.858 e. The van der Waals surface area contributed by atoms with E-state index >= 15 is 0 Å². The van der Waals surface area contributed by atoms with Gasteiger partial charge in [0.2, 0.25) is 0 Å². The molecule has 3 aliphatic rings. The Labute approximate surface area is 130 Å². The summed E-state index contributed by atoms with van der Waals surface area (Å²) in [6.07, 6.45) is 6.63. The van der Waals surface area contributed by atoms with Crippen LogP contribution in [0.4, 0.5) is 0 Å². The molecular weight excluding hydrogens is 278 g/mol. The number of nitrogens with zero attached hydrogens (tertiary/aromatic N) is 3. The van der Waals surface area contributed by atoms with Crippen LogP contribution in [0.5, 0.6) is 0 Å². The van der Waals surface area contributed by atoms with E-state index in [1.54, 1.807) is 24.3 Å². The van der Waals surface area contributed by atoms with Gasteiger partial charge in [0.25, 0.3) is 5.91 Å². The minimum absolute atomic E-state index is 0.414. The highest BCUT2D eigenvalue weighted by molar-refractivity contribution is 6.16. The molecule has 116 valence electrons. The molecule has 22 heavy (non-hydrogen) atoms. The van der Waals surface area contributed by atoms with Crippen molar-refractivity contribution in [3.8, 4) is 0 Å². The molecule has 0 spiro atoms. The van der Waals surface area contributed by atoms with Crippen molar-refractivity contribution in [2.24, 2.45) is 9.98 Å². The number of hydrogen-bond acceptors (Lipinski definition) is 4. The van der Waals surface area contributed by atoms with Crippen LogP contribution < -0.4 is 5.11 Å². The zero-order chi connectivity index (χ0) is 15.4. The van der Waals surface area contributed by atoms with Gasteiger partial charge in [-0.2, -0.15) is 0 Å². The second kappa shape index (κ2) is 6.73. The van der Waals surface area contributed by atoms with Crippen molar-refractivity contribution in [1.82, 2.24) is 4.90 Å². The van der Waals surface area contributed by atoms with Gasteiger partial charge in [-0.3, -0.25) is 9.79 Å². The fourth-order valence-corrected chi connectivity index (χ4v) is 3.01. The molecule has 0 atom stereocenters. The number of carbonyl (C=O) groups is 1. The molecule has 5 heteroatoms. The Morgan fingerprint density at radius 1 is 1.00 bits per heavy atom. The average molecular weight is 298 g/mol. The largest absolute Gasteiger partial charge is 0.858 e. The van der Waals surface area contributed by atoms with Crippen molar-refractivity contribution in [1.29, 1.82) is 0 Å². The Kier molecular flexibility index (Phi) is 4.51. The van der Waals surface area contributed by atoms with Crippen molar-refractivity contribution in [3.63, 3.8) is 0 Å². The highest BCUT2D eigenvalue weighted by Crippen LogP contribution is 2.16. The second-order valence-electron chi connectivity index (χ2n) is 5.72. The van der Waals surface area contributed by atoms with Crippen LogP contribution in [0.2, 0.25) is 0 Å². The molecule has 1 amide bonds. The number of hydrogen-bond donors (Lipinski definition) is 0. The average Bonchev–Trinajstić information content (AvgIpc) is 2.73. The smallest absolute Gasteiger partial charge is 0.277 e. The summed E-state index contributed by atoms with van der Waals surface area (Å²) in [5.41, 5.74) is 0.829. The first-order valence-corrected chi connectivity index (χ1v) is 7.93. The fourth-order valence-electron chi connectivity index (χ4n) is 3.01. The van der Waals surface area contributed by atoms with Crippen LogP contribution in [0.25, 0.3) is 0 Å². The zero-order valence-electron chi connectivity index (χ0n) is 12.6. The fraction of sp³-hybridized carbons (Fsp3) is 0.471. The molecule has 3 aliphatic heterocycles. The van der Waals surface area contributed by atoms with Crippen LogP contribution in [0.1, 0.15) is 48.0 Å². The summed E-state index contributed by atoms with van der Waals surface area (Å²) in [5, 5.41) is 10.9. The summed E-state index contributed by atoms with van der Waals surface area (Å²) in [4.78, 5) is 21.2. The highest BCUT2D eigenvalue weighted by atomic mass is 16.3. The third kappa shape index (κ3) is 3.18. The minimum atomic E-state index is -0.425. The lowest BCUT2D eigenvalue weighted by Gasteiger charge is -2.27. The van der Waals surface area contributed by atoms with Crippen LogP contribution in [-0.4, -0.2) is 42.2 Å². The highest BCUT2D eigenvalue weighted by Gasteiger charge is 2.16. The topological polar surface area (TPSA) is 68.1 Å². The van der Waals surface area contributed by atoms with E-state index in [0.29, 0.717) is 11.1 Å². The lowest BCUT2D eigenvalue weighted by Crippen LogP contribution is -2.34. The summed E-state index contributed by atoms with van der Waals surface area (Å²) in [5.74, 6) is 0.546. The van der Waals surface area contributed by atoms with E-state index < -0.39 is 11.8 Å². The number of amidine groups is 1. The number of amides is 1. The van der Waals surface area contributed by atoms with Gasteiger partial charge in [-0.05, 0) is 36.8 Å². The molecule has 5 nitrogen and oxygen atoms in total. The predicted octanol–water partition coefficient (Wildman–Crippen LogP) is 1.61. The van der Waals surface area contributed by atoms with E-state index in [1.807, 2.05) is 0 Å². The zero-order valence-corrected chi connectivity index (χ0v) is 12.6. The van der Waals surface area contributed by atoms with Crippen molar-refractivity contribution in [2.75, 3.05) is 19.6 Å². The standard InChI is InChI=1S/C9H16N2.C8H5NO2/c1-2-5-9-10-6-4-8-11(9)7-3-1;10-7-5-3-1-2-4-6(5)8(11)9-7/h1-8H2;1-4H,(H,9,10,11)/p-1. The summed E-state index contributed by atoms with van der Waals surface area (Å²) in [7, 11) is 0. The molecule has 0 aromatic heterocycles. The molecule has 0 unspecified atom stereocenters. The van der Waals surface area contributed by atoms with Crippen LogP contribution >= 0.6 is 0 Å². The summed E-state index contributed by atoms with van der Waals surface area (Å²) >= 11 is 0. The maximum Gasteiger partial charge on any atom is 0.277 e. The molecular formula is C17H20N3O2-. The van der Waals surface area contributed by atoms with Gasteiger partial charge in [-0.15, -0.1) is 0 Å². The maximum absolute atomic E-state index is 10.9. The van der Waals surface area contributed by atoms with Crippen LogP contribution in [0.3, 0.4) is 0 Å². The van der Waals surface area contributed by atoms with Gasteiger partial charge in [0.15, 0.2) is 0 Å². The van der Waals surface area contributed by atoms with Gasteiger partial charge >= 0.3 is 0 Å². The van der Waals surface area contributed by atoms with Gasteiger partial charge in [-0.25, -0.2) is 4.99 Å². The molecule has 0 N–H and O–H groups in total. The first kappa shape index (κ1) is 14.8. The third-order valence-corrected chi connectivity index (χ3v) is 4.16. The van der Waals surface area contributed by atoms with Crippen LogP contribution in [-0.2, 0) is 0 Å². The Balaban J connectivity index is 0.000000131. The van der Waals surface area contributed by atoms with Crippen molar-refractivity contribution >= 4 is 17.6 Å². The molecule has 1 aromatic carbocycles. The quantitative estimate of drug-likeness (QED) is 0.731. The van der Waals surface area contributed by atoms with E-state index in [-0.39, 0.29) is 0 Å². The number of rotatable bonds is 0. The van der Waals surface area contributed by atoms with Gasteiger partial charge in [-0.1, -0.05) is 24.6 Å². The van der Waals surface area contributed by atoms with Crippen LogP contribution in [0.15, 0.2) is 34.3 Å². The molecule has 1 saturated heterocycles. The van der Waals surface area contributed by atoms with Crippen molar-refractivity contribution in [3.05, 3.63) is 35.4 Å². The Morgan fingerprint density at radius 3 is 2.59 bits per heavy atom. The molecule has 1 aromatic rings. The number of carbonyl (C=O) groups excluding carboxylic acids is 1. The summed E-state index contributed by atoms with van der Waals surface area (Å²) in [6.45, 7) is 3.60. The Hall–Kier alpha value is -2.17. The molecule has 3 heterocycles. The van der Waals surface area contributed by atoms with Gasteiger partial charge in [0.05, 0.1) is 5.84 Å². The SMILES string of the molecule is C1CCC2=NCCCN2CC1.O=C1N=C([O-])c2ccccc21. The maximum atomic E-state index is 10.9. The predicted molar refractivity (Wildman–Crippen MR) is 84.3 cm³/mol. The molecule has 0 radical (unpaired) electrons. The van der Waals surface area contributed by atoms with Gasteiger partial charge in [0, 0.05) is 31.6 Å². The molecule has 1 fully saturated rings. The van der Waals surface area contributed by atoms with Crippen molar-refractivity contribution in [2.45, 2.75) is 32.1 Å². The molecule has 0 aliphatic carbocycles. The normalized spacial score (nSPS) is 20.0. The third-order valence-electron chi connectivity index (χ3n) is 4.16. The van der Waals surface area contributed by atoms with E-state index in [9.17, 15) is 9.90 Å². The van der Waals surface area contributed by atoms with E-state index in [4.69, 9.17) is 0 Å². The monoisotopic (exact) mass is 298 g/mol. The lowest BCUT2D eigenvalue weighted by molar-refractivity contribution is -0.212. The van der Waals surface area contributed by atoms with E-state index in [1.165, 1.54) is 51.0 Å². The lowest BCUT2D eigenvalue weighted by atomic mass is 10.1. The molecule has 0 saturated carbocycles. The first-order valence-electron chi connectivity index (χ1n) is 7.93. The Bertz CT molecular complexity index is 622. The number of fused-ring (bicyclic) bond motifs is 2. The van der Waals surface area contributed by atoms with E-state index in [2.05, 4.69) is 14.9 Å². The summed E-state index contributed by atoms with van der Waals surface area (Å²) < 4.78 is 0. The van der Waals surface area contributed by atoms with Crippen molar-refractivity contribution < 1.29 is 9.90 Å². The van der Waals surface area contributed by atoms with Gasteiger partial charge in [0.1, 0.15) is 0 Å². The second-order valence-corrected chi connectivity index (χ2v) is 5.72. The molecule has 0 bridgehead atoms. The van der Waals surface area contributed by atoms with Crippen LogP contribution in [0, 0.1) is 0 Å². The number of benzene rings is 1. The van der Waals surface area contributed by atoms with E-state index in [0.717, 1.165) is 6.54 Å². The first-order chi connectivity index (χ1) is 10.8. The number of aliphatic imine (C=N–C) groups is 2.